The molecule has 1 aromatic carbocycles. The van der Waals surface area contributed by atoms with Gasteiger partial charge in [-0.05, 0) is 31.5 Å². The van der Waals surface area contributed by atoms with E-state index in [9.17, 15) is 8.42 Å². The van der Waals surface area contributed by atoms with Gasteiger partial charge in [-0.3, -0.25) is 0 Å². The van der Waals surface area contributed by atoms with E-state index in [4.69, 9.17) is 11.6 Å². The molecule has 3 nitrogen and oxygen atoms in total. The van der Waals surface area contributed by atoms with E-state index in [1.54, 1.807) is 12.1 Å². The summed E-state index contributed by atoms with van der Waals surface area (Å²) in [6, 6.07) is 5.35. The summed E-state index contributed by atoms with van der Waals surface area (Å²) in [7, 11) is -1.38. The summed E-state index contributed by atoms with van der Waals surface area (Å²) in [5.74, 6) is 0.182. The van der Waals surface area contributed by atoms with E-state index in [2.05, 4.69) is 5.32 Å². The predicted octanol–water partition coefficient (Wildman–Crippen LogP) is 2.17. The SMILES string of the molecule is CNC1CCCS(=O)(=O)c2c(Cl)cccc21. The van der Waals surface area contributed by atoms with Gasteiger partial charge < -0.3 is 5.32 Å². The molecule has 0 saturated carbocycles. The third-order valence-electron chi connectivity index (χ3n) is 2.94. The zero-order valence-electron chi connectivity index (χ0n) is 9.03. The number of hydrogen-bond donors (Lipinski definition) is 1. The van der Waals surface area contributed by atoms with Gasteiger partial charge in [0.2, 0.25) is 0 Å². The molecule has 16 heavy (non-hydrogen) atoms. The van der Waals surface area contributed by atoms with Gasteiger partial charge >= 0.3 is 0 Å². The largest absolute Gasteiger partial charge is 0.313 e. The van der Waals surface area contributed by atoms with Gasteiger partial charge in [0.05, 0.1) is 15.7 Å². The van der Waals surface area contributed by atoms with Crippen molar-refractivity contribution in [3.8, 4) is 0 Å². The number of rotatable bonds is 1. The first-order valence-corrected chi connectivity index (χ1v) is 7.27. The van der Waals surface area contributed by atoms with Gasteiger partial charge in [0.1, 0.15) is 0 Å². The van der Waals surface area contributed by atoms with Crippen molar-refractivity contribution in [3.05, 3.63) is 28.8 Å². The number of nitrogens with one attached hydrogen (secondary N) is 1. The van der Waals surface area contributed by atoms with E-state index in [1.165, 1.54) is 0 Å². The minimum atomic E-state index is -3.22. The van der Waals surface area contributed by atoms with E-state index in [-0.39, 0.29) is 11.8 Å². The first-order chi connectivity index (χ1) is 7.56. The summed E-state index contributed by atoms with van der Waals surface area (Å²) in [4.78, 5) is 0.313. The molecule has 1 aliphatic rings. The van der Waals surface area contributed by atoms with Crippen LogP contribution in [0.15, 0.2) is 23.1 Å². The number of fused-ring (bicyclic) bond motifs is 1. The fourth-order valence-electron chi connectivity index (χ4n) is 2.16. The van der Waals surface area contributed by atoms with Crippen molar-refractivity contribution in [2.45, 2.75) is 23.8 Å². The van der Waals surface area contributed by atoms with Crippen LogP contribution in [0.3, 0.4) is 0 Å². The molecule has 1 unspecified atom stereocenters. The monoisotopic (exact) mass is 259 g/mol. The van der Waals surface area contributed by atoms with Crippen LogP contribution in [0.1, 0.15) is 24.4 Å². The summed E-state index contributed by atoms with van der Waals surface area (Å²) in [5, 5.41) is 3.48. The van der Waals surface area contributed by atoms with Gasteiger partial charge in [-0.2, -0.15) is 0 Å². The Bertz CT molecular complexity index is 499. The van der Waals surface area contributed by atoms with Crippen LogP contribution in [0.25, 0.3) is 0 Å². The molecule has 0 saturated heterocycles. The molecule has 1 atom stereocenters. The van der Waals surface area contributed by atoms with Gasteiger partial charge in [-0.25, -0.2) is 8.42 Å². The lowest BCUT2D eigenvalue weighted by Crippen LogP contribution is -2.16. The Hall–Kier alpha value is -0.580. The molecule has 5 heteroatoms. The Morgan fingerprint density at radius 1 is 1.44 bits per heavy atom. The second-order valence-electron chi connectivity index (χ2n) is 3.96. The van der Waals surface area contributed by atoms with Crippen molar-refractivity contribution in [1.82, 2.24) is 5.32 Å². The van der Waals surface area contributed by atoms with Crippen LogP contribution in [0.5, 0.6) is 0 Å². The summed E-state index contributed by atoms with van der Waals surface area (Å²) >= 11 is 6.01. The summed E-state index contributed by atoms with van der Waals surface area (Å²) < 4.78 is 24.1. The maximum absolute atomic E-state index is 12.1. The fourth-order valence-corrected chi connectivity index (χ4v) is 4.38. The highest BCUT2D eigenvalue weighted by atomic mass is 35.5. The standard InChI is InChI=1S/C11H14ClNO2S/c1-13-10-6-3-7-16(14,15)11-8(10)4-2-5-9(11)12/h2,4-5,10,13H,3,6-7H2,1H3. The molecule has 2 rings (SSSR count). The van der Waals surface area contributed by atoms with Crippen molar-refractivity contribution >= 4 is 21.4 Å². The predicted molar refractivity (Wildman–Crippen MR) is 64.5 cm³/mol. The fraction of sp³-hybridized carbons (Fsp3) is 0.455. The van der Waals surface area contributed by atoms with Crippen LogP contribution in [0, 0.1) is 0 Å². The first-order valence-electron chi connectivity index (χ1n) is 5.24. The number of halogens is 1. The van der Waals surface area contributed by atoms with Gasteiger partial charge in [0, 0.05) is 6.04 Å². The average molecular weight is 260 g/mol. The highest BCUT2D eigenvalue weighted by Gasteiger charge is 2.28. The molecule has 1 N–H and O–H groups in total. The molecule has 0 spiro atoms. The summed E-state index contributed by atoms with van der Waals surface area (Å²) in [6.45, 7) is 0. The minimum Gasteiger partial charge on any atom is -0.313 e. The lowest BCUT2D eigenvalue weighted by Gasteiger charge is -2.16. The van der Waals surface area contributed by atoms with Crippen LogP contribution >= 0.6 is 11.6 Å². The van der Waals surface area contributed by atoms with Crippen molar-refractivity contribution in [3.63, 3.8) is 0 Å². The number of benzene rings is 1. The van der Waals surface area contributed by atoms with Gasteiger partial charge in [-0.1, -0.05) is 23.7 Å². The second-order valence-corrected chi connectivity index (χ2v) is 6.41. The summed E-state index contributed by atoms with van der Waals surface area (Å²) in [5.41, 5.74) is 0.799. The van der Waals surface area contributed by atoms with Gasteiger partial charge in [0.15, 0.2) is 9.84 Å². The zero-order chi connectivity index (χ0) is 11.8. The molecule has 0 aliphatic carbocycles. The van der Waals surface area contributed by atoms with Crippen LogP contribution in [0.4, 0.5) is 0 Å². The van der Waals surface area contributed by atoms with Crippen LogP contribution in [-0.4, -0.2) is 21.2 Å². The molecule has 1 aromatic rings. The van der Waals surface area contributed by atoms with E-state index in [1.807, 2.05) is 13.1 Å². The highest BCUT2D eigenvalue weighted by Crippen LogP contribution is 2.35. The lowest BCUT2D eigenvalue weighted by molar-refractivity contribution is 0.541. The van der Waals surface area contributed by atoms with Crippen molar-refractivity contribution in [2.24, 2.45) is 0 Å². The van der Waals surface area contributed by atoms with Gasteiger partial charge in [0.25, 0.3) is 0 Å². The van der Waals surface area contributed by atoms with Crippen molar-refractivity contribution < 1.29 is 8.42 Å². The Kier molecular flexibility index (Phi) is 3.24. The molecule has 0 fully saturated rings. The van der Waals surface area contributed by atoms with E-state index in [0.717, 1.165) is 12.0 Å². The van der Waals surface area contributed by atoms with E-state index in [0.29, 0.717) is 16.3 Å². The quantitative estimate of drug-likeness (QED) is 0.841. The smallest absolute Gasteiger partial charge is 0.180 e. The maximum atomic E-state index is 12.1. The molecular formula is C11H14ClNO2S. The molecule has 0 aromatic heterocycles. The third-order valence-corrected chi connectivity index (χ3v) is 5.27. The molecule has 0 amide bonds. The van der Waals surface area contributed by atoms with Crippen molar-refractivity contribution in [1.29, 1.82) is 0 Å². The highest BCUT2D eigenvalue weighted by molar-refractivity contribution is 7.91. The zero-order valence-corrected chi connectivity index (χ0v) is 10.6. The van der Waals surface area contributed by atoms with Crippen molar-refractivity contribution in [2.75, 3.05) is 12.8 Å². The van der Waals surface area contributed by atoms with Crippen LogP contribution < -0.4 is 5.32 Å². The Morgan fingerprint density at radius 3 is 2.88 bits per heavy atom. The Labute approximate surface area is 101 Å². The van der Waals surface area contributed by atoms with Crippen LogP contribution in [0.2, 0.25) is 5.02 Å². The molecular weight excluding hydrogens is 246 g/mol. The maximum Gasteiger partial charge on any atom is 0.180 e. The average Bonchev–Trinajstić information content (AvgIpc) is 2.35. The number of sulfone groups is 1. The van der Waals surface area contributed by atoms with Gasteiger partial charge in [-0.15, -0.1) is 0 Å². The Balaban J connectivity index is 2.69. The summed E-state index contributed by atoms with van der Waals surface area (Å²) in [6.07, 6.45) is 1.49. The molecule has 1 heterocycles. The topological polar surface area (TPSA) is 46.2 Å². The second kappa shape index (κ2) is 4.35. The molecule has 88 valence electrons. The lowest BCUT2D eigenvalue weighted by atomic mass is 10.0. The first kappa shape index (κ1) is 11.9. The molecule has 1 aliphatic heterocycles. The normalized spacial score (nSPS) is 23.5. The molecule has 0 bridgehead atoms. The van der Waals surface area contributed by atoms with E-state index >= 15 is 0 Å². The minimum absolute atomic E-state index is 0.0750. The van der Waals surface area contributed by atoms with E-state index < -0.39 is 9.84 Å². The third kappa shape index (κ3) is 1.97. The molecule has 0 radical (unpaired) electrons. The number of hydrogen-bond acceptors (Lipinski definition) is 3. The Morgan fingerprint density at radius 2 is 2.19 bits per heavy atom. The van der Waals surface area contributed by atoms with Crippen LogP contribution in [-0.2, 0) is 9.84 Å².